The summed E-state index contributed by atoms with van der Waals surface area (Å²) in [7, 11) is -0.862. The highest BCUT2D eigenvalue weighted by molar-refractivity contribution is 6.61. The summed E-state index contributed by atoms with van der Waals surface area (Å²) in [5, 5.41) is 10.1. The van der Waals surface area contributed by atoms with E-state index in [1.807, 2.05) is 6.07 Å². The molecule has 0 spiro atoms. The van der Waals surface area contributed by atoms with Crippen molar-refractivity contribution in [1.82, 2.24) is 0 Å². The maximum absolute atomic E-state index is 11.7. The van der Waals surface area contributed by atoms with Crippen LogP contribution in [0.4, 0.5) is 0 Å². The molecule has 0 unspecified atom stereocenters. The smallest absolute Gasteiger partial charge is 0.464 e. The van der Waals surface area contributed by atoms with Gasteiger partial charge in [-0.15, -0.1) is 0 Å². The third-order valence-electron chi connectivity index (χ3n) is 3.65. The van der Waals surface area contributed by atoms with Gasteiger partial charge in [-0.25, -0.2) is 0 Å². The van der Waals surface area contributed by atoms with Crippen LogP contribution in [-0.2, 0) is 11.3 Å². The maximum atomic E-state index is 11.7. The van der Waals surface area contributed by atoms with E-state index in [1.54, 1.807) is 30.3 Å². The molecule has 0 bridgehead atoms. The Kier molecular flexibility index (Phi) is 2.99. The average Bonchev–Trinajstić information content (AvgIpc) is 2.88. The third-order valence-corrected chi connectivity index (χ3v) is 3.65. The van der Waals surface area contributed by atoms with Crippen LogP contribution in [0.25, 0.3) is 11.0 Å². The molecule has 22 heavy (non-hydrogen) atoms. The lowest BCUT2D eigenvalue weighted by Crippen LogP contribution is -2.27. The fourth-order valence-electron chi connectivity index (χ4n) is 2.53. The highest BCUT2D eigenvalue weighted by Gasteiger charge is 2.27. The molecular weight excluding hydrogens is 283 g/mol. The van der Waals surface area contributed by atoms with Crippen LogP contribution in [0.2, 0.25) is 0 Å². The van der Waals surface area contributed by atoms with Crippen molar-refractivity contribution in [1.29, 1.82) is 0 Å². The summed E-state index contributed by atoms with van der Waals surface area (Å²) in [5.41, 5.74) is 2.05. The lowest BCUT2D eigenvalue weighted by Gasteiger charge is -2.08. The molecule has 1 N–H and O–H groups in total. The molecule has 6 heteroatoms. The van der Waals surface area contributed by atoms with Gasteiger partial charge in [0.15, 0.2) is 5.43 Å². The molecule has 2 aromatic carbocycles. The van der Waals surface area contributed by atoms with E-state index in [9.17, 15) is 9.82 Å². The van der Waals surface area contributed by atoms with E-state index in [-0.39, 0.29) is 5.43 Å². The van der Waals surface area contributed by atoms with Crippen LogP contribution >= 0.6 is 0 Å². The number of hydrogen-bond acceptors (Lipinski definition) is 5. The topological polar surface area (TPSA) is 68.9 Å². The van der Waals surface area contributed by atoms with E-state index in [0.717, 1.165) is 11.0 Å². The van der Waals surface area contributed by atoms with Gasteiger partial charge < -0.3 is 18.8 Å². The molecule has 0 radical (unpaired) electrons. The van der Waals surface area contributed by atoms with Crippen molar-refractivity contribution < 1.29 is 18.8 Å². The number of fused-ring (bicyclic) bond motifs is 2. The van der Waals surface area contributed by atoms with Crippen molar-refractivity contribution >= 4 is 23.6 Å². The van der Waals surface area contributed by atoms with Gasteiger partial charge >= 0.3 is 7.12 Å². The van der Waals surface area contributed by atoms with E-state index in [0.29, 0.717) is 29.1 Å². The molecule has 1 aliphatic heterocycles. The molecule has 5 nitrogen and oxygen atoms in total. The van der Waals surface area contributed by atoms with Crippen molar-refractivity contribution in [3.63, 3.8) is 0 Å². The minimum absolute atomic E-state index is 0.0866. The van der Waals surface area contributed by atoms with Gasteiger partial charge in [0.05, 0.1) is 18.3 Å². The number of benzene rings is 2. The van der Waals surface area contributed by atoms with E-state index in [1.165, 1.54) is 12.3 Å². The predicted octanol–water partition coefficient (Wildman–Crippen LogP) is 1.80. The zero-order chi connectivity index (χ0) is 15.1. The molecule has 1 aromatic heterocycles. The Morgan fingerprint density at radius 3 is 2.82 bits per heavy atom. The Hall–Kier alpha value is -2.57. The van der Waals surface area contributed by atoms with Crippen molar-refractivity contribution in [2.24, 2.45) is 0 Å². The van der Waals surface area contributed by atoms with E-state index in [2.05, 4.69) is 0 Å². The van der Waals surface area contributed by atoms with Crippen LogP contribution in [0.15, 0.2) is 57.9 Å². The highest BCUT2D eigenvalue weighted by Crippen LogP contribution is 2.26. The van der Waals surface area contributed by atoms with Gasteiger partial charge in [-0.3, -0.25) is 4.79 Å². The van der Waals surface area contributed by atoms with Gasteiger partial charge in [-0.05, 0) is 35.3 Å². The first-order chi connectivity index (χ1) is 10.7. The molecule has 0 fully saturated rings. The summed E-state index contributed by atoms with van der Waals surface area (Å²) < 4.78 is 16.3. The Morgan fingerprint density at radius 1 is 1.09 bits per heavy atom. The summed E-state index contributed by atoms with van der Waals surface area (Å²) in [6, 6.07) is 11.8. The Morgan fingerprint density at radius 2 is 1.91 bits per heavy atom. The van der Waals surface area contributed by atoms with Gasteiger partial charge in [0.25, 0.3) is 0 Å². The minimum Gasteiger partial charge on any atom is -0.464 e. The zero-order valence-corrected chi connectivity index (χ0v) is 11.5. The third kappa shape index (κ3) is 2.18. The van der Waals surface area contributed by atoms with Gasteiger partial charge in [-0.1, -0.05) is 6.07 Å². The quantitative estimate of drug-likeness (QED) is 0.730. The van der Waals surface area contributed by atoms with Gasteiger partial charge in [0, 0.05) is 12.1 Å². The number of ether oxygens (including phenoxy) is 1. The fraction of sp³-hybridized carbons (Fsp3) is 0.0625. The standard InChI is InChI=1S/C16H11BO5/c18-15-5-6-20-16-8-12(1-3-13(15)16)22-11-2-4-14-10(7-11)9-21-17(14)19/h1-8,19H,9H2. The zero-order valence-electron chi connectivity index (χ0n) is 11.5. The summed E-state index contributed by atoms with van der Waals surface area (Å²) >= 11 is 0. The molecule has 0 aliphatic carbocycles. The van der Waals surface area contributed by atoms with Crippen LogP contribution < -0.4 is 15.6 Å². The molecule has 0 saturated heterocycles. The normalized spacial score (nSPS) is 13.4. The maximum Gasteiger partial charge on any atom is 0.491 e. The van der Waals surface area contributed by atoms with Crippen molar-refractivity contribution in [3.8, 4) is 11.5 Å². The van der Waals surface area contributed by atoms with E-state index >= 15 is 0 Å². The van der Waals surface area contributed by atoms with Crippen LogP contribution in [0, 0.1) is 0 Å². The molecule has 4 rings (SSSR count). The molecule has 0 saturated carbocycles. The average molecular weight is 294 g/mol. The van der Waals surface area contributed by atoms with Crippen LogP contribution in [0.1, 0.15) is 5.56 Å². The molecular formula is C16H11BO5. The first-order valence-electron chi connectivity index (χ1n) is 6.83. The number of hydrogen-bond donors (Lipinski definition) is 1. The second-order valence-corrected chi connectivity index (χ2v) is 5.07. The largest absolute Gasteiger partial charge is 0.491 e. The first-order valence-corrected chi connectivity index (χ1v) is 6.83. The van der Waals surface area contributed by atoms with E-state index in [4.69, 9.17) is 13.8 Å². The first kappa shape index (κ1) is 13.1. The van der Waals surface area contributed by atoms with Crippen molar-refractivity contribution in [2.45, 2.75) is 6.61 Å². The number of rotatable bonds is 2. The minimum atomic E-state index is -0.862. The van der Waals surface area contributed by atoms with Gasteiger partial charge in [-0.2, -0.15) is 0 Å². The molecule has 1 aliphatic rings. The summed E-state index contributed by atoms with van der Waals surface area (Å²) in [4.78, 5) is 11.7. The Balaban J connectivity index is 1.68. The second-order valence-electron chi connectivity index (χ2n) is 5.07. The predicted molar refractivity (Wildman–Crippen MR) is 81.4 cm³/mol. The van der Waals surface area contributed by atoms with Crippen LogP contribution in [-0.4, -0.2) is 12.1 Å². The fourth-order valence-corrected chi connectivity index (χ4v) is 2.53. The summed E-state index contributed by atoms with van der Waals surface area (Å²) in [6.45, 7) is 0.361. The molecule has 3 aromatic rings. The lowest BCUT2D eigenvalue weighted by atomic mass is 9.80. The highest BCUT2D eigenvalue weighted by atomic mass is 16.5. The van der Waals surface area contributed by atoms with Crippen LogP contribution in [0.5, 0.6) is 11.5 Å². The van der Waals surface area contributed by atoms with Gasteiger partial charge in [0.1, 0.15) is 17.1 Å². The summed E-state index contributed by atoms with van der Waals surface area (Å²) in [5.74, 6) is 1.20. The van der Waals surface area contributed by atoms with Gasteiger partial charge in [0.2, 0.25) is 0 Å². The lowest BCUT2D eigenvalue weighted by molar-refractivity contribution is 0.275. The SMILES string of the molecule is O=c1ccoc2cc(Oc3ccc4c(c3)COB4O)ccc12. The van der Waals surface area contributed by atoms with Crippen molar-refractivity contribution in [3.05, 3.63) is 64.5 Å². The Bertz CT molecular complexity index is 918. The molecule has 0 atom stereocenters. The molecule has 108 valence electrons. The Labute approximate surface area is 125 Å². The van der Waals surface area contributed by atoms with Crippen LogP contribution in [0.3, 0.4) is 0 Å². The van der Waals surface area contributed by atoms with E-state index < -0.39 is 7.12 Å². The molecule has 0 amide bonds. The van der Waals surface area contributed by atoms with Crippen molar-refractivity contribution in [2.75, 3.05) is 0 Å². The molecule has 2 heterocycles. The summed E-state index contributed by atoms with van der Waals surface area (Å²) in [6.07, 6.45) is 1.36. The monoisotopic (exact) mass is 294 g/mol. The second kappa shape index (κ2) is 5.01.